The number of anilines is 1. The van der Waals surface area contributed by atoms with Crippen molar-refractivity contribution < 1.29 is 9.53 Å². The number of nitrogens with one attached hydrogen (secondary N) is 2. The number of aromatic amines is 1. The first-order chi connectivity index (χ1) is 10.1. The van der Waals surface area contributed by atoms with Gasteiger partial charge in [0, 0.05) is 29.7 Å². The van der Waals surface area contributed by atoms with Gasteiger partial charge in [-0.3, -0.25) is 4.79 Å². The maximum absolute atomic E-state index is 12.0. The molecule has 0 atom stereocenters. The number of benzene rings is 1. The first-order valence-electron chi connectivity index (χ1n) is 7.34. The predicted molar refractivity (Wildman–Crippen MR) is 85.4 cm³/mol. The van der Waals surface area contributed by atoms with Crippen LogP contribution in [0.3, 0.4) is 0 Å². The Hall–Kier alpha value is -2.01. The second-order valence-electron chi connectivity index (χ2n) is 5.41. The highest BCUT2D eigenvalue weighted by Gasteiger charge is 2.08. The van der Waals surface area contributed by atoms with E-state index in [1.807, 2.05) is 38.1 Å². The first kappa shape index (κ1) is 15.4. The van der Waals surface area contributed by atoms with Gasteiger partial charge in [-0.15, -0.1) is 0 Å². The van der Waals surface area contributed by atoms with E-state index in [1.165, 1.54) is 0 Å². The Bertz CT molecular complexity index is 605. The van der Waals surface area contributed by atoms with Crippen LogP contribution in [-0.4, -0.2) is 30.1 Å². The lowest BCUT2D eigenvalue weighted by atomic mass is 10.2. The number of fused-ring (bicyclic) bond motifs is 1. The minimum atomic E-state index is -0.0884. The molecule has 0 aliphatic heterocycles. The van der Waals surface area contributed by atoms with Gasteiger partial charge in [0.2, 0.25) is 0 Å². The zero-order valence-corrected chi connectivity index (χ0v) is 12.6. The van der Waals surface area contributed by atoms with Crippen molar-refractivity contribution in [2.24, 2.45) is 0 Å². The molecule has 2 aromatic rings. The van der Waals surface area contributed by atoms with Gasteiger partial charge in [-0.2, -0.15) is 0 Å². The number of rotatable bonds is 7. The number of nitrogens with two attached hydrogens (primary N) is 1. The number of amides is 1. The highest BCUT2D eigenvalue weighted by atomic mass is 16.5. The van der Waals surface area contributed by atoms with Crippen LogP contribution in [0.2, 0.25) is 0 Å². The molecule has 0 fully saturated rings. The van der Waals surface area contributed by atoms with E-state index in [1.54, 1.807) is 0 Å². The number of aromatic nitrogens is 1. The van der Waals surface area contributed by atoms with Gasteiger partial charge >= 0.3 is 0 Å². The molecule has 4 N–H and O–H groups in total. The quantitative estimate of drug-likeness (QED) is 0.541. The summed E-state index contributed by atoms with van der Waals surface area (Å²) in [5, 5.41) is 3.86. The van der Waals surface area contributed by atoms with Crippen molar-refractivity contribution in [3.05, 3.63) is 30.0 Å². The number of ether oxygens (including phenoxy) is 1. The maximum atomic E-state index is 12.0. The van der Waals surface area contributed by atoms with Crippen LogP contribution in [0.15, 0.2) is 24.3 Å². The van der Waals surface area contributed by atoms with E-state index in [-0.39, 0.29) is 12.0 Å². The molecule has 0 saturated carbocycles. The lowest BCUT2D eigenvalue weighted by molar-refractivity contribution is 0.0754. The molecule has 0 aliphatic carbocycles. The summed E-state index contributed by atoms with van der Waals surface area (Å²) in [6, 6.07) is 7.37. The number of H-pyrrole nitrogens is 1. The number of carbonyl (C=O) groups excluding carboxylic acids is 1. The molecular weight excluding hydrogens is 266 g/mol. The van der Waals surface area contributed by atoms with Crippen molar-refractivity contribution >= 4 is 22.5 Å². The molecule has 0 saturated heterocycles. The van der Waals surface area contributed by atoms with Crippen molar-refractivity contribution in [1.29, 1.82) is 0 Å². The molecule has 114 valence electrons. The molecular formula is C16H23N3O2. The summed E-state index contributed by atoms with van der Waals surface area (Å²) >= 11 is 0. The summed E-state index contributed by atoms with van der Waals surface area (Å²) in [5.74, 6) is -0.0884. The Morgan fingerprint density at radius 1 is 1.33 bits per heavy atom. The molecule has 0 unspecified atom stereocenters. The summed E-state index contributed by atoms with van der Waals surface area (Å²) in [5.41, 5.74) is 7.90. The van der Waals surface area contributed by atoms with E-state index in [0.717, 1.165) is 30.4 Å². The second-order valence-corrected chi connectivity index (χ2v) is 5.41. The number of hydrogen-bond donors (Lipinski definition) is 3. The summed E-state index contributed by atoms with van der Waals surface area (Å²) < 4.78 is 5.45. The normalized spacial score (nSPS) is 11.2. The average Bonchev–Trinajstić information content (AvgIpc) is 2.85. The van der Waals surface area contributed by atoms with E-state index < -0.39 is 0 Å². The number of hydrogen-bond acceptors (Lipinski definition) is 3. The Morgan fingerprint density at radius 2 is 2.14 bits per heavy atom. The molecule has 2 rings (SSSR count). The molecule has 5 nitrogen and oxygen atoms in total. The van der Waals surface area contributed by atoms with Gasteiger partial charge in [-0.05, 0) is 51.0 Å². The minimum absolute atomic E-state index is 0.0884. The molecule has 0 bridgehead atoms. The number of carbonyl (C=O) groups is 1. The van der Waals surface area contributed by atoms with Gasteiger partial charge in [0.1, 0.15) is 5.69 Å². The third-order valence-electron chi connectivity index (χ3n) is 3.20. The van der Waals surface area contributed by atoms with Crippen molar-refractivity contribution in [3.8, 4) is 0 Å². The van der Waals surface area contributed by atoms with Crippen LogP contribution < -0.4 is 11.1 Å². The molecule has 1 amide bonds. The lowest BCUT2D eigenvalue weighted by Gasteiger charge is -2.07. The molecule has 21 heavy (non-hydrogen) atoms. The van der Waals surface area contributed by atoms with Crippen LogP contribution in [0.4, 0.5) is 5.69 Å². The van der Waals surface area contributed by atoms with Gasteiger partial charge in [0.05, 0.1) is 6.10 Å². The largest absolute Gasteiger partial charge is 0.399 e. The van der Waals surface area contributed by atoms with Crippen LogP contribution in [-0.2, 0) is 4.74 Å². The highest BCUT2D eigenvalue weighted by molar-refractivity contribution is 5.98. The lowest BCUT2D eigenvalue weighted by Crippen LogP contribution is -2.25. The molecule has 5 heteroatoms. The van der Waals surface area contributed by atoms with Crippen LogP contribution >= 0.6 is 0 Å². The summed E-state index contributed by atoms with van der Waals surface area (Å²) in [7, 11) is 0. The first-order valence-corrected chi connectivity index (χ1v) is 7.34. The molecule has 1 heterocycles. The Balaban J connectivity index is 1.79. The highest BCUT2D eigenvalue weighted by Crippen LogP contribution is 2.18. The summed E-state index contributed by atoms with van der Waals surface area (Å²) in [6.07, 6.45) is 2.12. The molecule has 1 aromatic heterocycles. The molecule has 0 aliphatic rings. The molecule has 0 radical (unpaired) electrons. The Labute approximate surface area is 124 Å². The molecule has 1 aromatic carbocycles. The SMILES string of the molecule is CC(C)OCCCCNC(=O)c1cc2cc(N)ccc2[nH]1. The van der Waals surface area contributed by atoms with Crippen LogP contribution in [0, 0.1) is 0 Å². The van der Waals surface area contributed by atoms with Crippen molar-refractivity contribution in [1.82, 2.24) is 10.3 Å². The van der Waals surface area contributed by atoms with E-state index in [4.69, 9.17) is 10.5 Å². The fraction of sp³-hybridized carbons (Fsp3) is 0.438. The fourth-order valence-corrected chi connectivity index (χ4v) is 2.12. The fourth-order valence-electron chi connectivity index (χ4n) is 2.12. The average molecular weight is 289 g/mol. The summed E-state index contributed by atoms with van der Waals surface area (Å²) in [6.45, 7) is 5.42. The topological polar surface area (TPSA) is 80.1 Å². The zero-order valence-electron chi connectivity index (χ0n) is 12.6. The smallest absolute Gasteiger partial charge is 0.267 e. The van der Waals surface area contributed by atoms with Crippen molar-refractivity contribution in [2.45, 2.75) is 32.8 Å². The van der Waals surface area contributed by atoms with Gasteiger partial charge in [-0.25, -0.2) is 0 Å². The van der Waals surface area contributed by atoms with Gasteiger partial charge < -0.3 is 20.8 Å². The monoisotopic (exact) mass is 289 g/mol. The van der Waals surface area contributed by atoms with E-state index in [0.29, 0.717) is 17.9 Å². The zero-order chi connectivity index (χ0) is 15.2. The van der Waals surface area contributed by atoms with Crippen LogP contribution in [0.25, 0.3) is 10.9 Å². The minimum Gasteiger partial charge on any atom is -0.399 e. The van der Waals surface area contributed by atoms with Gasteiger partial charge in [0.15, 0.2) is 0 Å². The maximum Gasteiger partial charge on any atom is 0.267 e. The van der Waals surface area contributed by atoms with Gasteiger partial charge in [0.25, 0.3) is 5.91 Å². The van der Waals surface area contributed by atoms with Crippen molar-refractivity contribution in [3.63, 3.8) is 0 Å². The van der Waals surface area contributed by atoms with E-state index in [9.17, 15) is 4.79 Å². The van der Waals surface area contributed by atoms with Crippen molar-refractivity contribution in [2.75, 3.05) is 18.9 Å². The standard InChI is InChI=1S/C16H23N3O2/c1-11(2)21-8-4-3-7-18-16(20)15-10-12-9-13(17)5-6-14(12)19-15/h5-6,9-11,19H,3-4,7-8,17H2,1-2H3,(H,18,20). The predicted octanol–water partition coefficient (Wildman–Crippen LogP) is 2.69. The Kier molecular flexibility index (Phi) is 5.22. The summed E-state index contributed by atoms with van der Waals surface area (Å²) in [4.78, 5) is 15.1. The van der Waals surface area contributed by atoms with E-state index >= 15 is 0 Å². The van der Waals surface area contributed by atoms with Crippen LogP contribution in [0.5, 0.6) is 0 Å². The van der Waals surface area contributed by atoms with Crippen LogP contribution in [0.1, 0.15) is 37.2 Å². The number of unbranched alkanes of at least 4 members (excludes halogenated alkanes) is 1. The third kappa shape index (κ3) is 4.49. The second kappa shape index (κ2) is 7.13. The van der Waals surface area contributed by atoms with Gasteiger partial charge in [-0.1, -0.05) is 0 Å². The number of nitrogen functional groups attached to an aromatic ring is 1. The molecule has 0 spiro atoms. The third-order valence-corrected chi connectivity index (χ3v) is 3.20. The van der Waals surface area contributed by atoms with E-state index in [2.05, 4.69) is 10.3 Å². The Morgan fingerprint density at radius 3 is 2.90 bits per heavy atom.